The predicted octanol–water partition coefficient (Wildman–Crippen LogP) is 2.12. The van der Waals surface area contributed by atoms with Crippen LogP contribution in [0.4, 0.5) is 0 Å². The normalized spacial score (nSPS) is 17.7. The third-order valence-corrected chi connectivity index (χ3v) is 4.27. The molecule has 1 atom stereocenters. The molecule has 0 N–H and O–H groups in total. The van der Waals surface area contributed by atoms with E-state index in [-0.39, 0.29) is 11.9 Å². The van der Waals surface area contributed by atoms with Gasteiger partial charge >= 0.3 is 0 Å². The number of aryl methyl sites for hydroxylation is 2. The monoisotopic (exact) mass is 329 g/mol. The van der Waals surface area contributed by atoms with Gasteiger partial charge in [-0.25, -0.2) is 9.97 Å². The second-order valence-corrected chi connectivity index (χ2v) is 6.50. The highest BCUT2D eigenvalue weighted by atomic mass is 16.5. The zero-order valence-electron chi connectivity index (χ0n) is 14.6. The molecule has 0 aliphatic carbocycles. The number of likely N-dealkylation sites (tertiary alicyclic amines) is 1. The molecule has 0 unspecified atom stereocenters. The van der Waals surface area contributed by atoms with Crippen molar-refractivity contribution in [1.29, 1.82) is 0 Å². The fourth-order valence-corrected chi connectivity index (χ4v) is 3.20. The van der Waals surface area contributed by atoms with Crippen molar-refractivity contribution < 1.29 is 9.32 Å². The zero-order chi connectivity index (χ0) is 17.3. The molecule has 0 aromatic carbocycles. The Bertz CT molecular complexity index is 721. The van der Waals surface area contributed by atoms with Gasteiger partial charge in [0, 0.05) is 19.3 Å². The van der Waals surface area contributed by atoms with Gasteiger partial charge in [-0.1, -0.05) is 5.16 Å². The Labute approximate surface area is 141 Å². The maximum absolute atomic E-state index is 13.0. The Morgan fingerprint density at radius 2 is 2.21 bits per heavy atom. The second kappa shape index (κ2) is 6.68. The van der Waals surface area contributed by atoms with Crippen LogP contribution in [-0.2, 0) is 6.54 Å². The minimum atomic E-state index is -0.0895. The van der Waals surface area contributed by atoms with E-state index in [1.165, 1.54) is 0 Å². The summed E-state index contributed by atoms with van der Waals surface area (Å²) in [5.41, 5.74) is 2.15. The van der Waals surface area contributed by atoms with Crippen LogP contribution in [0, 0.1) is 13.8 Å². The van der Waals surface area contributed by atoms with Crippen molar-refractivity contribution in [1.82, 2.24) is 24.9 Å². The number of rotatable bonds is 4. The Morgan fingerprint density at radius 1 is 1.42 bits per heavy atom. The third kappa shape index (κ3) is 3.17. The maximum Gasteiger partial charge on any atom is 0.259 e. The van der Waals surface area contributed by atoms with Gasteiger partial charge in [-0.05, 0) is 46.9 Å². The first kappa shape index (κ1) is 16.6. The van der Waals surface area contributed by atoms with Gasteiger partial charge in [0.25, 0.3) is 5.91 Å². The number of carbonyl (C=O) groups is 1. The minimum Gasteiger partial charge on any atom is -0.361 e. The van der Waals surface area contributed by atoms with Gasteiger partial charge < -0.3 is 14.3 Å². The summed E-state index contributed by atoms with van der Waals surface area (Å²) in [5.74, 6) is 1.23. The van der Waals surface area contributed by atoms with Crippen molar-refractivity contribution >= 4 is 5.91 Å². The van der Waals surface area contributed by atoms with Crippen molar-refractivity contribution in [2.45, 2.75) is 39.3 Å². The summed E-state index contributed by atoms with van der Waals surface area (Å²) in [5, 5.41) is 3.89. The molecule has 128 valence electrons. The smallest absolute Gasteiger partial charge is 0.259 e. The Balaban J connectivity index is 1.87. The summed E-state index contributed by atoms with van der Waals surface area (Å²) >= 11 is 0. The average molecular weight is 329 g/mol. The van der Waals surface area contributed by atoms with E-state index in [2.05, 4.69) is 20.0 Å². The zero-order valence-corrected chi connectivity index (χ0v) is 14.6. The fourth-order valence-electron chi connectivity index (χ4n) is 3.20. The molecule has 1 aliphatic heterocycles. The van der Waals surface area contributed by atoms with E-state index < -0.39 is 0 Å². The van der Waals surface area contributed by atoms with Crippen LogP contribution in [0.3, 0.4) is 0 Å². The number of hydrogen-bond acceptors (Lipinski definition) is 6. The Morgan fingerprint density at radius 3 is 2.88 bits per heavy atom. The van der Waals surface area contributed by atoms with Gasteiger partial charge in [-0.2, -0.15) is 0 Å². The van der Waals surface area contributed by atoms with Gasteiger partial charge in [0.1, 0.15) is 11.3 Å². The van der Waals surface area contributed by atoms with Crippen LogP contribution in [0.2, 0.25) is 0 Å². The molecule has 1 fully saturated rings. The molecule has 3 rings (SSSR count). The molecule has 0 bridgehead atoms. The van der Waals surface area contributed by atoms with Crippen LogP contribution in [0.5, 0.6) is 0 Å². The highest BCUT2D eigenvalue weighted by Gasteiger charge is 2.35. The third-order valence-electron chi connectivity index (χ3n) is 4.27. The molecule has 2 aromatic rings. The van der Waals surface area contributed by atoms with E-state index in [0.717, 1.165) is 25.1 Å². The van der Waals surface area contributed by atoms with E-state index >= 15 is 0 Å². The summed E-state index contributed by atoms with van der Waals surface area (Å²) < 4.78 is 5.15. The van der Waals surface area contributed by atoms with Crippen LogP contribution < -0.4 is 0 Å². The second-order valence-electron chi connectivity index (χ2n) is 6.50. The van der Waals surface area contributed by atoms with Crippen LogP contribution in [0.1, 0.15) is 52.2 Å². The van der Waals surface area contributed by atoms with Gasteiger partial charge in [0.05, 0.1) is 17.4 Å². The first-order valence-electron chi connectivity index (χ1n) is 8.17. The quantitative estimate of drug-likeness (QED) is 0.855. The van der Waals surface area contributed by atoms with Gasteiger partial charge in [-0.3, -0.25) is 4.79 Å². The van der Waals surface area contributed by atoms with Crippen LogP contribution in [0.25, 0.3) is 0 Å². The summed E-state index contributed by atoms with van der Waals surface area (Å²) in [6.07, 6.45) is 3.60. The molecular weight excluding hydrogens is 306 g/mol. The lowest BCUT2D eigenvalue weighted by Crippen LogP contribution is -2.32. The van der Waals surface area contributed by atoms with Crippen molar-refractivity contribution in [3.8, 4) is 0 Å². The molecule has 7 nitrogen and oxygen atoms in total. The van der Waals surface area contributed by atoms with E-state index in [0.29, 0.717) is 29.4 Å². The Hall–Kier alpha value is -2.28. The summed E-state index contributed by atoms with van der Waals surface area (Å²) in [6, 6.07) is 1.83. The first-order valence-corrected chi connectivity index (χ1v) is 8.17. The standard InChI is InChI=1S/C17H23N5O2/c1-11-15(12(2)24-20-11)17(23)22-9-5-6-14(22)16-18-8-7-13(19-16)10-21(3)4/h7-8,14H,5-6,9-10H2,1-4H3/t14-/m1/s1. The highest BCUT2D eigenvalue weighted by molar-refractivity contribution is 5.96. The fraction of sp³-hybridized carbons (Fsp3) is 0.529. The predicted molar refractivity (Wildman–Crippen MR) is 88.4 cm³/mol. The molecule has 1 saturated heterocycles. The van der Waals surface area contributed by atoms with Gasteiger partial charge in [0.2, 0.25) is 0 Å². The number of hydrogen-bond donors (Lipinski definition) is 0. The van der Waals surface area contributed by atoms with Gasteiger partial charge in [0.15, 0.2) is 5.82 Å². The lowest BCUT2D eigenvalue weighted by molar-refractivity contribution is 0.0727. The molecule has 2 aromatic heterocycles. The number of carbonyl (C=O) groups excluding carboxylic acids is 1. The number of nitrogens with zero attached hydrogens (tertiary/aromatic N) is 5. The number of amides is 1. The average Bonchev–Trinajstić information content (AvgIpc) is 3.13. The lowest BCUT2D eigenvalue weighted by atomic mass is 10.1. The van der Waals surface area contributed by atoms with Crippen LogP contribution in [-0.4, -0.2) is 51.5 Å². The number of aromatic nitrogens is 3. The van der Waals surface area contributed by atoms with E-state index in [9.17, 15) is 4.79 Å². The van der Waals surface area contributed by atoms with E-state index in [1.807, 2.05) is 25.1 Å². The summed E-state index contributed by atoms with van der Waals surface area (Å²) in [7, 11) is 4.01. The first-order chi connectivity index (χ1) is 11.5. The molecule has 1 aliphatic rings. The molecule has 1 amide bonds. The van der Waals surface area contributed by atoms with Crippen molar-refractivity contribution in [3.63, 3.8) is 0 Å². The van der Waals surface area contributed by atoms with E-state index in [1.54, 1.807) is 20.0 Å². The molecule has 3 heterocycles. The van der Waals surface area contributed by atoms with Crippen LogP contribution >= 0.6 is 0 Å². The molecule has 7 heteroatoms. The minimum absolute atomic E-state index is 0.0460. The van der Waals surface area contributed by atoms with E-state index in [4.69, 9.17) is 4.52 Å². The van der Waals surface area contributed by atoms with Crippen LogP contribution in [0.15, 0.2) is 16.8 Å². The molecule has 0 spiro atoms. The SMILES string of the molecule is Cc1noc(C)c1C(=O)N1CCC[C@@H]1c1nccc(CN(C)C)n1. The molecule has 24 heavy (non-hydrogen) atoms. The van der Waals surface area contributed by atoms with Crippen molar-refractivity contribution in [2.24, 2.45) is 0 Å². The Kier molecular flexibility index (Phi) is 4.62. The molecule has 0 radical (unpaired) electrons. The summed E-state index contributed by atoms with van der Waals surface area (Å²) in [6.45, 7) is 5.02. The van der Waals surface area contributed by atoms with Crippen molar-refractivity contribution in [2.75, 3.05) is 20.6 Å². The highest BCUT2D eigenvalue weighted by Crippen LogP contribution is 2.32. The molecular formula is C17H23N5O2. The lowest BCUT2D eigenvalue weighted by Gasteiger charge is -2.24. The molecule has 0 saturated carbocycles. The largest absolute Gasteiger partial charge is 0.361 e. The maximum atomic E-state index is 13.0. The van der Waals surface area contributed by atoms with Gasteiger partial charge in [-0.15, -0.1) is 0 Å². The topological polar surface area (TPSA) is 75.4 Å². The summed E-state index contributed by atoms with van der Waals surface area (Å²) in [4.78, 5) is 26.0. The van der Waals surface area contributed by atoms with Crippen molar-refractivity contribution in [3.05, 3.63) is 40.8 Å².